The predicted molar refractivity (Wildman–Crippen MR) is 318 cm³/mol. The van der Waals surface area contributed by atoms with Crippen LogP contribution in [0.2, 0.25) is 0 Å². The Labute approximate surface area is 439 Å². The minimum Gasteiger partial charge on any atom is -0.382 e. The molecule has 71 heavy (non-hydrogen) atoms. The second kappa shape index (κ2) is 20.9. The second-order valence-corrected chi connectivity index (χ2v) is 28.9. The summed E-state index contributed by atoms with van der Waals surface area (Å²) in [6, 6.07) is 22.8. The standard InChI is InChI=1S/C67H97BN2S/c1-20-21-30-65(14,15)50-24-26-51(27-25-50)68(61-40-49-39-54-55(42-60(49)71-61)67(18,19)36-35-66(54,16)17)56(43-69-58-41-53-45(3)23-22-44(2)52(53)37-47(58)5)59(38-48(6)62(7,8)9)70-57-29-32-64(12,13)34-33-63(10,11)31-28-46(57)4/h24-29,37-42,44-45,69-70H,20-23,30-36,43H2,1-19H3/b46-28-,48-38+,57-29+,59-56-. The van der Waals surface area contributed by atoms with Crippen molar-refractivity contribution in [1.29, 1.82) is 0 Å². The van der Waals surface area contributed by atoms with E-state index in [1.165, 1.54) is 140 Å². The summed E-state index contributed by atoms with van der Waals surface area (Å²) < 4.78 is 2.82. The first-order chi connectivity index (χ1) is 33.0. The molecule has 2 nitrogen and oxygen atoms in total. The van der Waals surface area contributed by atoms with Crippen molar-refractivity contribution in [3.8, 4) is 0 Å². The molecule has 0 bridgehead atoms. The molecule has 0 fully saturated rings. The summed E-state index contributed by atoms with van der Waals surface area (Å²) in [5.41, 5.74) is 18.9. The van der Waals surface area contributed by atoms with Crippen molar-refractivity contribution in [3.63, 3.8) is 0 Å². The molecule has 4 heteroatoms. The molecule has 4 aromatic rings. The van der Waals surface area contributed by atoms with E-state index in [4.69, 9.17) is 0 Å². The fourth-order valence-corrected chi connectivity index (χ4v) is 13.0. The molecule has 0 aliphatic heterocycles. The molecule has 2 N–H and O–H groups in total. The van der Waals surface area contributed by atoms with E-state index in [2.05, 4.69) is 215 Å². The van der Waals surface area contributed by atoms with Crippen LogP contribution < -0.4 is 20.9 Å². The van der Waals surface area contributed by atoms with Crippen molar-refractivity contribution in [3.05, 3.63) is 134 Å². The van der Waals surface area contributed by atoms with Crippen LogP contribution in [0, 0.1) is 23.2 Å². The summed E-state index contributed by atoms with van der Waals surface area (Å²) in [6.07, 6.45) is 20.7. The van der Waals surface area contributed by atoms with Crippen molar-refractivity contribution < 1.29 is 0 Å². The van der Waals surface area contributed by atoms with Gasteiger partial charge >= 0.3 is 0 Å². The molecule has 1 heterocycles. The average molecular weight is 973 g/mol. The highest BCUT2D eigenvalue weighted by Crippen LogP contribution is 2.48. The Morgan fingerprint density at radius 1 is 0.746 bits per heavy atom. The van der Waals surface area contributed by atoms with E-state index in [9.17, 15) is 0 Å². The number of benzene rings is 3. The molecule has 3 aliphatic rings. The van der Waals surface area contributed by atoms with E-state index in [1.807, 2.05) is 11.3 Å². The fourth-order valence-electron chi connectivity index (χ4n) is 11.7. The molecular weight excluding hydrogens is 876 g/mol. The molecule has 3 aromatic carbocycles. The lowest BCUT2D eigenvalue weighted by Crippen LogP contribution is -2.46. The number of unbranched alkanes of at least 4 members (excludes halogenated alkanes) is 1. The number of rotatable bonds is 13. The van der Waals surface area contributed by atoms with Gasteiger partial charge in [-0.05, 0) is 208 Å². The van der Waals surface area contributed by atoms with Gasteiger partial charge in [0.05, 0.1) is 0 Å². The van der Waals surface area contributed by atoms with Crippen molar-refractivity contribution in [1.82, 2.24) is 5.32 Å². The number of thiophene rings is 1. The van der Waals surface area contributed by atoms with Gasteiger partial charge in [-0.3, -0.25) is 0 Å². The molecule has 2 unspecified atom stereocenters. The summed E-state index contributed by atoms with van der Waals surface area (Å²) in [4.78, 5) is 0. The molecule has 0 saturated heterocycles. The lowest BCUT2D eigenvalue weighted by atomic mass is 9.38. The number of nitrogens with one attached hydrogen (secondary N) is 2. The zero-order chi connectivity index (χ0) is 52.1. The monoisotopic (exact) mass is 973 g/mol. The second-order valence-electron chi connectivity index (χ2n) is 27.8. The highest BCUT2D eigenvalue weighted by Gasteiger charge is 2.38. The minimum absolute atomic E-state index is 0.00561. The van der Waals surface area contributed by atoms with Gasteiger partial charge in [0.15, 0.2) is 0 Å². The van der Waals surface area contributed by atoms with Crippen LogP contribution in [-0.2, 0) is 16.2 Å². The SMILES string of the molecule is CCCCC(C)(C)c1ccc(B(/C(CNc2cc3c(cc2C)C(C)CCC3C)=C(/C=C(\C)C(C)(C)C)NC2=C/CC(C)(C)CCC(C)(C)C/C=C\2C)c2cc3cc4c(cc3s2)C(C)(C)CCC4(C)C)cc1. The Morgan fingerprint density at radius 3 is 1.92 bits per heavy atom. The van der Waals surface area contributed by atoms with Crippen LogP contribution in [0.25, 0.3) is 10.1 Å². The first-order valence-electron chi connectivity index (χ1n) is 28.1. The van der Waals surface area contributed by atoms with Gasteiger partial charge in [0.25, 0.3) is 6.71 Å². The third kappa shape index (κ3) is 12.6. The van der Waals surface area contributed by atoms with Crippen molar-refractivity contribution >= 4 is 44.1 Å². The van der Waals surface area contributed by atoms with E-state index in [-0.39, 0.29) is 39.2 Å². The van der Waals surface area contributed by atoms with E-state index < -0.39 is 0 Å². The molecule has 384 valence electrons. The highest BCUT2D eigenvalue weighted by atomic mass is 32.1. The Balaban J connectivity index is 1.53. The van der Waals surface area contributed by atoms with Crippen LogP contribution >= 0.6 is 11.3 Å². The van der Waals surface area contributed by atoms with Crippen LogP contribution in [0.15, 0.2) is 101 Å². The molecule has 0 saturated carbocycles. The normalized spacial score (nSPS) is 23.1. The molecule has 2 atom stereocenters. The third-order valence-corrected chi connectivity index (χ3v) is 19.4. The van der Waals surface area contributed by atoms with E-state index in [1.54, 1.807) is 5.56 Å². The van der Waals surface area contributed by atoms with Gasteiger partial charge in [0.2, 0.25) is 0 Å². The van der Waals surface area contributed by atoms with Crippen molar-refractivity contribution in [2.45, 2.75) is 230 Å². The molecule has 3 aliphatic carbocycles. The van der Waals surface area contributed by atoms with Gasteiger partial charge < -0.3 is 10.6 Å². The van der Waals surface area contributed by atoms with Gasteiger partial charge in [-0.15, -0.1) is 11.3 Å². The smallest absolute Gasteiger partial charge is 0.254 e. The van der Waals surface area contributed by atoms with Crippen molar-refractivity contribution in [2.24, 2.45) is 16.2 Å². The van der Waals surface area contributed by atoms with Crippen LogP contribution in [0.1, 0.15) is 240 Å². The Bertz CT molecular complexity index is 2630. The maximum atomic E-state index is 4.34. The topological polar surface area (TPSA) is 24.1 Å². The Kier molecular flexibility index (Phi) is 16.2. The van der Waals surface area contributed by atoms with Crippen LogP contribution in [0.5, 0.6) is 0 Å². The van der Waals surface area contributed by atoms with E-state index in [0.717, 1.165) is 12.8 Å². The van der Waals surface area contributed by atoms with E-state index in [0.29, 0.717) is 18.4 Å². The van der Waals surface area contributed by atoms with Gasteiger partial charge in [0.1, 0.15) is 0 Å². The van der Waals surface area contributed by atoms with Gasteiger partial charge in [-0.2, -0.15) is 0 Å². The summed E-state index contributed by atoms with van der Waals surface area (Å²) in [7, 11) is 0. The largest absolute Gasteiger partial charge is 0.382 e. The zero-order valence-electron chi connectivity index (χ0n) is 48.6. The fraction of sp³-hybridized carbons (Fsp3) is 0.582. The summed E-state index contributed by atoms with van der Waals surface area (Å²) in [5, 5.41) is 9.95. The quantitative estimate of drug-likeness (QED) is 0.103. The maximum Gasteiger partial charge on any atom is 0.254 e. The Morgan fingerprint density at radius 2 is 1.32 bits per heavy atom. The summed E-state index contributed by atoms with van der Waals surface area (Å²) in [6.45, 7) is 46.7. The van der Waals surface area contributed by atoms with Crippen LogP contribution in [-0.4, -0.2) is 13.3 Å². The predicted octanol–water partition coefficient (Wildman–Crippen LogP) is 18.6. The first-order valence-corrected chi connectivity index (χ1v) is 29.0. The van der Waals surface area contributed by atoms with Gasteiger partial charge in [0, 0.05) is 28.3 Å². The minimum atomic E-state index is -0.0213. The molecular formula is C67H97BN2S. The van der Waals surface area contributed by atoms with Gasteiger partial charge in [-0.25, -0.2) is 0 Å². The third-order valence-electron chi connectivity index (χ3n) is 18.2. The number of hydrogen-bond acceptors (Lipinski definition) is 3. The van der Waals surface area contributed by atoms with Crippen molar-refractivity contribution in [2.75, 3.05) is 11.9 Å². The van der Waals surface area contributed by atoms with E-state index >= 15 is 0 Å². The number of allylic oxidation sites excluding steroid dienone is 5. The molecule has 0 amide bonds. The zero-order valence-corrected chi connectivity index (χ0v) is 49.4. The number of aryl methyl sites for hydroxylation is 1. The average Bonchev–Trinajstić information content (AvgIpc) is 3.71. The molecule has 1 aromatic heterocycles. The summed E-state index contributed by atoms with van der Waals surface area (Å²) >= 11 is 2.03. The Hall–Kier alpha value is -3.76. The lowest BCUT2D eigenvalue weighted by molar-refractivity contribution is 0.241. The summed E-state index contributed by atoms with van der Waals surface area (Å²) in [5.74, 6) is 1.15. The number of hydrogen-bond donors (Lipinski definition) is 2. The van der Waals surface area contributed by atoms with Crippen LogP contribution in [0.3, 0.4) is 0 Å². The molecule has 7 rings (SSSR count). The van der Waals surface area contributed by atoms with Crippen LogP contribution in [0.4, 0.5) is 5.69 Å². The highest BCUT2D eigenvalue weighted by molar-refractivity contribution is 7.31. The maximum absolute atomic E-state index is 4.34. The number of fused-ring (bicyclic) bond motifs is 3. The molecule has 0 spiro atoms. The molecule has 0 radical (unpaired) electrons. The number of anilines is 1. The lowest BCUT2D eigenvalue weighted by Gasteiger charge is -2.41. The van der Waals surface area contributed by atoms with Gasteiger partial charge in [-0.1, -0.05) is 177 Å². The first kappa shape index (κ1) is 55.0.